The molecule has 0 fully saturated rings. The molecule has 1 atom stereocenters. The highest BCUT2D eigenvalue weighted by molar-refractivity contribution is 6.35. The highest BCUT2D eigenvalue weighted by Crippen LogP contribution is 2.21. The third-order valence-corrected chi connectivity index (χ3v) is 3.82. The van der Waals surface area contributed by atoms with Crippen LogP contribution in [0.2, 0.25) is 10.0 Å². The number of hydrogen-bond acceptors (Lipinski definition) is 1. The van der Waals surface area contributed by atoms with Crippen LogP contribution in [0.3, 0.4) is 0 Å². The van der Waals surface area contributed by atoms with E-state index in [9.17, 15) is 4.39 Å². The van der Waals surface area contributed by atoms with E-state index in [-0.39, 0.29) is 11.9 Å². The van der Waals surface area contributed by atoms with Crippen LogP contribution in [0, 0.1) is 5.82 Å². The van der Waals surface area contributed by atoms with Gasteiger partial charge >= 0.3 is 0 Å². The molecule has 0 radical (unpaired) electrons. The van der Waals surface area contributed by atoms with Crippen LogP contribution in [-0.2, 0) is 6.42 Å². The summed E-state index contributed by atoms with van der Waals surface area (Å²) in [6, 6.07) is 12.2. The Balaban J connectivity index is 1.91. The van der Waals surface area contributed by atoms with Gasteiger partial charge in [0.15, 0.2) is 0 Å². The predicted octanol–water partition coefficient (Wildman–Crippen LogP) is 5.03. The maximum absolute atomic E-state index is 13.6. The number of benzene rings is 2. The van der Waals surface area contributed by atoms with Crippen molar-refractivity contribution in [2.75, 3.05) is 6.54 Å². The molecule has 0 heterocycles. The summed E-state index contributed by atoms with van der Waals surface area (Å²) in [4.78, 5) is 0. The Hall–Kier alpha value is -1.09. The minimum Gasteiger partial charge on any atom is -0.310 e. The fraction of sp³-hybridized carbons (Fsp3) is 0.250. The first kappa shape index (κ1) is 15.3. The maximum Gasteiger partial charge on any atom is 0.127 e. The lowest BCUT2D eigenvalue weighted by Crippen LogP contribution is -2.22. The molecule has 0 aliphatic rings. The molecule has 20 heavy (non-hydrogen) atoms. The van der Waals surface area contributed by atoms with Gasteiger partial charge < -0.3 is 5.32 Å². The molecule has 0 amide bonds. The van der Waals surface area contributed by atoms with Crippen molar-refractivity contribution in [2.24, 2.45) is 0 Å². The monoisotopic (exact) mass is 311 g/mol. The zero-order chi connectivity index (χ0) is 14.5. The van der Waals surface area contributed by atoms with E-state index in [1.54, 1.807) is 18.2 Å². The van der Waals surface area contributed by atoms with E-state index in [0.717, 1.165) is 18.5 Å². The topological polar surface area (TPSA) is 12.0 Å². The van der Waals surface area contributed by atoms with E-state index in [4.69, 9.17) is 23.2 Å². The Bertz CT molecular complexity index is 586. The molecule has 0 saturated heterocycles. The molecule has 2 rings (SSSR count). The summed E-state index contributed by atoms with van der Waals surface area (Å²) in [7, 11) is 0. The highest BCUT2D eigenvalue weighted by atomic mass is 35.5. The lowest BCUT2D eigenvalue weighted by atomic mass is 10.1. The zero-order valence-corrected chi connectivity index (χ0v) is 12.7. The van der Waals surface area contributed by atoms with Gasteiger partial charge in [0.25, 0.3) is 0 Å². The van der Waals surface area contributed by atoms with Gasteiger partial charge in [-0.15, -0.1) is 0 Å². The average molecular weight is 312 g/mol. The molecular formula is C16H16Cl2FN. The van der Waals surface area contributed by atoms with Gasteiger partial charge in [0.05, 0.1) is 0 Å². The van der Waals surface area contributed by atoms with Gasteiger partial charge in [-0.2, -0.15) is 0 Å². The second-order valence-electron chi connectivity index (χ2n) is 4.68. The summed E-state index contributed by atoms with van der Waals surface area (Å²) in [5.74, 6) is -0.183. The van der Waals surface area contributed by atoms with Gasteiger partial charge in [-0.1, -0.05) is 47.5 Å². The molecule has 1 unspecified atom stereocenters. The fourth-order valence-corrected chi connectivity index (χ4v) is 2.59. The summed E-state index contributed by atoms with van der Waals surface area (Å²) in [6.45, 7) is 2.67. The standard InChI is InChI=1S/C16H16Cl2FN/c1-11(14-4-2-3-5-16(14)19)20-9-8-12-6-7-13(17)10-15(12)18/h2-7,10-11,20H,8-9H2,1H3. The van der Waals surface area contributed by atoms with Gasteiger partial charge in [0.2, 0.25) is 0 Å². The van der Waals surface area contributed by atoms with Crippen molar-refractivity contribution in [3.63, 3.8) is 0 Å². The minimum atomic E-state index is -0.183. The predicted molar refractivity (Wildman–Crippen MR) is 83.0 cm³/mol. The molecule has 2 aromatic carbocycles. The number of rotatable bonds is 5. The van der Waals surface area contributed by atoms with Crippen molar-refractivity contribution < 1.29 is 4.39 Å². The Morgan fingerprint density at radius 3 is 2.60 bits per heavy atom. The summed E-state index contributed by atoms with van der Waals surface area (Å²) in [5.41, 5.74) is 1.71. The van der Waals surface area contributed by atoms with E-state index in [2.05, 4.69) is 5.32 Å². The van der Waals surface area contributed by atoms with E-state index in [0.29, 0.717) is 15.6 Å². The molecule has 0 aliphatic carbocycles. The normalized spacial score (nSPS) is 12.4. The Morgan fingerprint density at radius 1 is 1.15 bits per heavy atom. The summed E-state index contributed by atoms with van der Waals surface area (Å²) >= 11 is 12.0. The number of hydrogen-bond donors (Lipinski definition) is 1. The van der Waals surface area contributed by atoms with Crippen LogP contribution >= 0.6 is 23.2 Å². The first-order chi connectivity index (χ1) is 9.58. The van der Waals surface area contributed by atoms with Gasteiger partial charge in [0, 0.05) is 21.7 Å². The van der Waals surface area contributed by atoms with Crippen molar-refractivity contribution in [3.05, 3.63) is 69.5 Å². The second kappa shape index (κ2) is 7.07. The molecule has 0 spiro atoms. The molecular weight excluding hydrogens is 296 g/mol. The van der Waals surface area contributed by atoms with E-state index in [1.807, 2.05) is 25.1 Å². The van der Waals surface area contributed by atoms with E-state index >= 15 is 0 Å². The van der Waals surface area contributed by atoms with Crippen LogP contribution < -0.4 is 5.32 Å². The Morgan fingerprint density at radius 2 is 1.90 bits per heavy atom. The third kappa shape index (κ3) is 3.95. The number of nitrogens with one attached hydrogen (secondary N) is 1. The fourth-order valence-electron chi connectivity index (χ4n) is 2.08. The lowest BCUT2D eigenvalue weighted by molar-refractivity contribution is 0.531. The van der Waals surface area contributed by atoms with Crippen molar-refractivity contribution in [1.29, 1.82) is 0 Å². The highest BCUT2D eigenvalue weighted by Gasteiger charge is 2.09. The summed E-state index contributed by atoms with van der Waals surface area (Å²) in [6.07, 6.45) is 0.773. The molecule has 1 nitrogen and oxygen atoms in total. The first-order valence-corrected chi connectivity index (χ1v) is 7.25. The average Bonchev–Trinajstić information content (AvgIpc) is 2.41. The molecule has 0 aliphatic heterocycles. The Kier molecular flexibility index (Phi) is 5.41. The van der Waals surface area contributed by atoms with Crippen molar-refractivity contribution in [2.45, 2.75) is 19.4 Å². The van der Waals surface area contributed by atoms with Crippen molar-refractivity contribution in [3.8, 4) is 0 Å². The zero-order valence-electron chi connectivity index (χ0n) is 11.2. The van der Waals surface area contributed by atoms with Crippen LogP contribution in [-0.4, -0.2) is 6.54 Å². The first-order valence-electron chi connectivity index (χ1n) is 6.49. The molecule has 0 saturated carbocycles. The smallest absolute Gasteiger partial charge is 0.127 e. The third-order valence-electron chi connectivity index (χ3n) is 3.23. The molecule has 106 valence electrons. The van der Waals surface area contributed by atoms with Crippen molar-refractivity contribution in [1.82, 2.24) is 5.32 Å². The molecule has 2 aromatic rings. The van der Waals surface area contributed by atoms with Crippen LogP contribution in [0.4, 0.5) is 4.39 Å². The van der Waals surface area contributed by atoms with Gasteiger partial charge in [0.1, 0.15) is 5.82 Å². The lowest BCUT2D eigenvalue weighted by Gasteiger charge is -2.15. The van der Waals surface area contributed by atoms with E-state index in [1.165, 1.54) is 6.07 Å². The molecule has 1 N–H and O–H groups in total. The van der Waals surface area contributed by atoms with Crippen LogP contribution in [0.25, 0.3) is 0 Å². The van der Waals surface area contributed by atoms with E-state index < -0.39 is 0 Å². The maximum atomic E-state index is 13.6. The molecule has 0 aromatic heterocycles. The summed E-state index contributed by atoms with van der Waals surface area (Å²) in [5, 5.41) is 4.59. The number of halogens is 3. The van der Waals surface area contributed by atoms with Gasteiger partial charge in [-0.3, -0.25) is 0 Å². The minimum absolute atomic E-state index is 0.0396. The van der Waals surface area contributed by atoms with Gasteiger partial charge in [-0.05, 0) is 43.7 Å². The largest absolute Gasteiger partial charge is 0.310 e. The molecule has 0 bridgehead atoms. The second-order valence-corrected chi connectivity index (χ2v) is 5.53. The quantitative estimate of drug-likeness (QED) is 0.817. The Labute approximate surface area is 128 Å². The summed E-state index contributed by atoms with van der Waals surface area (Å²) < 4.78 is 13.6. The van der Waals surface area contributed by atoms with Crippen LogP contribution in [0.15, 0.2) is 42.5 Å². The van der Waals surface area contributed by atoms with Crippen LogP contribution in [0.5, 0.6) is 0 Å². The van der Waals surface area contributed by atoms with Crippen molar-refractivity contribution >= 4 is 23.2 Å². The molecule has 4 heteroatoms. The van der Waals surface area contributed by atoms with Crippen LogP contribution in [0.1, 0.15) is 24.1 Å². The SMILES string of the molecule is CC(NCCc1ccc(Cl)cc1Cl)c1ccccc1F. The van der Waals surface area contributed by atoms with Gasteiger partial charge in [-0.25, -0.2) is 4.39 Å².